The smallest absolute Gasteiger partial charge is 0.315 e. The maximum Gasteiger partial charge on any atom is 0.315 e. The number of nitrogens with one attached hydrogen (secondary N) is 2. The number of carboxylic acids is 1. The molecule has 0 aromatic carbocycles. The first-order valence-corrected chi connectivity index (χ1v) is 7.59. The quantitative estimate of drug-likeness (QED) is 0.713. The van der Waals surface area contributed by atoms with Crippen molar-refractivity contribution in [3.63, 3.8) is 0 Å². The molecule has 0 aromatic heterocycles. The Hall–Kier alpha value is -0.910. The van der Waals surface area contributed by atoms with Crippen molar-refractivity contribution in [2.24, 2.45) is 5.41 Å². The zero-order chi connectivity index (χ0) is 13.8. The summed E-state index contributed by atoms with van der Waals surface area (Å²) < 4.78 is 0. The summed E-state index contributed by atoms with van der Waals surface area (Å²) in [6.07, 6.45) is 4.17. The lowest BCUT2D eigenvalue weighted by molar-refractivity contribution is -0.148. The largest absolute Gasteiger partial charge is 0.481 e. The summed E-state index contributed by atoms with van der Waals surface area (Å²) in [6, 6.07) is -0.468. The Kier molecular flexibility index (Phi) is 5.31. The van der Waals surface area contributed by atoms with E-state index in [0.717, 1.165) is 18.6 Å². The minimum atomic E-state index is -0.833. The lowest BCUT2D eigenvalue weighted by atomic mass is 9.85. The van der Waals surface area contributed by atoms with E-state index >= 15 is 0 Å². The first-order valence-electron chi connectivity index (χ1n) is 6.19. The van der Waals surface area contributed by atoms with E-state index in [1.54, 1.807) is 18.7 Å². The fourth-order valence-corrected chi connectivity index (χ4v) is 2.95. The molecule has 0 radical (unpaired) electrons. The van der Waals surface area contributed by atoms with Gasteiger partial charge in [-0.15, -0.1) is 0 Å². The highest BCUT2D eigenvalue weighted by Crippen LogP contribution is 2.38. The van der Waals surface area contributed by atoms with Gasteiger partial charge in [-0.2, -0.15) is 11.8 Å². The molecule has 3 N–H and O–H groups in total. The molecule has 104 valence electrons. The second-order valence-corrected chi connectivity index (χ2v) is 6.05. The Morgan fingerprint density at radius 2 is 2.22 bits per heavy atom. The van der Waals surface area contributed by atoms with Crippen LogP contribution in [0.3, 0.4) is 0 Å². The normalized spacial score (nSPS) is 28.7. The molecular weight excluding hydrogens is 252 g/mol. The van der Waals surface area contributed by atoms with E-state index in [-0.39, 0.29) is 18.1 Å². The summed E-state index contributed by atoms with van der Waals surface area (Å²) in [7, 11) is 0. The maximum atomic E-state index is 11.8. The Morgan fingerprint density at radius 3 is 2.78 bits per heavy atom. The maximum absolute atomic E-state index is 11.8. The predicted molar refractivity (Wildman–Crippen MR) is 72.9 cm³/mol. The standard InChI is InChI=1S/C12H22N2O3S/c1-8(7-18-3)13-11(17)14-9-5-4-6-12(9,2)10(15)16/h8-9H,4-7H2,1-3H3,(H,15,16)(H2,13,14,17). The molecule has 5 nitrogen and oxygen atoms in total. The van der Waals surface area contributed by atoms with Crippen molar-refractivity contribution in [3.8, 4) is 0 Å². The lowest BCUT2D eigenvalue weighted by Crippen LogP contribution is -2.52. The summed E-state index contributed by atoms with van der Waals surface area (Å²) in [5.41, 5.74) is -0.833. The molecule has 6 heteroatoms. The molecule has 1 saturated carbocycles. The summed E-state index contributed by atoms with van der Waals surface area (Å²) >= 11 is 1.66. The summed E-state index contributed by atoms with van der Waals surface area (Å²) in [4.78, 5) is 23.0. The van der Waals surface area contributed by atoms with Crippen molar-refractivity contribution in [2.75, 3.05) is 12.0 Å². The number of hydrogen-bond donors (Lipinski definition) is 3. The van der Waals surface area contributed by atoms with Crippen LogP contribution in [0.15, 0.2) is 0 Å². The van der Waals surface area contributed by atoms with Crippen molar-refractivity contribution < 1.29 is 14.7 Å². The zero-order valence-corrected chi connectivity index (χ0v) is 12.0. The number of carbonyl (C=O) groups excluding carboxylic acids is 1. The number of hydrogen-bond acceptors (Lipinski definition) is 3. The van der Waals surface area contributed by atoms with Gasteiger partial charge in [-0.05, 0) is 32.9 Å². The van der Waals surface area contributed by atoms with Gasteiger partial charge in [0, 0.05) is 17.8 Å². The molecule has 1 aliphatic rings. The van der Waals surface area contributed by atoms with E-state index in [9.17, 15) is 14.7 Å². The van der Waals surface area contributed by atoms with E-state index in [1.165, 1.54) is 0 Å². The van der Waals surface area contributed by atoms with E-state index in [4.69, 9.17) is 0 Å². The van der Waals surface area contributed by atoms with Crippen molar-refractivity contribution in [1.82, 2.24) is 10.6 Å². The third-order valence-electron chi connectivity index (χ3n) is 3.55. The summed E-state index contributed by atoms with van der Waals surface area (Å²) in [5.74, 6) is 0.0105. The molecular formula is C12H22N2O3S. The Bertz CT molecular complexity index is 324. The minimum Gasteiger partial charge on any atom is -0.481 e. The topological polar surface area (TPSA) is 78.4 Å². The molecule has 0 aliphatic heterocycles. The molecule has 1 aliphatic carbocycles. The number of carbonyl (C=O) groups is 2. The van der Waals surface area contributed by atoms with Crippen molar-refractivity contribution in [3.05, 3.63) is 0 Å². The molecule has 1 fully saturated rings. The molecule has 0 saturated heterocycles. The van der Waals surface area contributed by atoms with Crippen molar-refractivity contribution in [1.29, 1.82) is 0 Å². The van der Waals surface area contributed by atoms with E-state index < -0.39 is 11.4 Å². The highest BCUT2D eigenvalue weighted by atomic mass is 32.2. The molecule has 0 bridgehead atoms. The molecule has 18 heavy (non-hydrogen) atoms. The molecule has 3 unspecified atom stereocenters. The van der Waals surface area contributed by atoms with Crippen LogP contribution in [0.4, 0.5) is 4.79 Å². The fraction of sp³-hybridized carbons (Fsp3) is 0.833. The van der Waals surface area contributed by atoms with Crippen LogP contribution >= 0.6 is 11.8 Å². The van der Waals surface area contributed by atoms with Crippen LogP contribution < -0.4 is 10.6 Å². The number of carboxylic acid groups (broad SMARTS) is 1. The average molecular weight is 274 g/mol. The Balaban J connectivity index is 2.51. The van der Waals surface area contributed by atoms with Gasteiger partial charge in [-0.1, -0.05) is 6.42 Å². The molecule has 0 spiro atoms. The SMILES string of the molecule is CSCC(C)NC(=O)NC1CCCC1(C)C(=O)O. The number of amides is 2. The van der Waals surface area contributed by atoms with Crippen LogP contribution in [0, 0.1) is 5.41 Å². The van der Waals surface area contributed by atoms with Crippen LogP contribution in [0.5, 0.6) is 0 Å². The second kappa shape index (κ2) is 6.31. The van der Waals surface area contributed by atoms with Gasteiger partial charge >= 0.3 is 12.0 Å². The molecule has 0 heterocycles. The van der Waals surface area contributed by atoms with Crippen LogP contribution in [-0.4, -0.2) is 41.2 Å². The number of thioether (sulfide) groups is 1. The molecule has 1 rings (SSSR count). The van der Waals surface area contributed by atoms with E-state index in [2.05, 4.69) is 10.6 Å². The Labute approximate surface area is 112 Å². The fourth-order valence-electron chi connectivity index (χ4n) is 2.37. The first-order chi connectivity index (χ1) is 8.40. The van der Waals surface area contributed by atoms with Crippen molar-refractivity contribution >= 4 is 23.8 Å². The minimum absolute atomic E-state index is 0.0810. The zero-order valence-electron chi connectivity index (χ0n) is 11.2. The van der Waals surface area contributed by atoms with Crippen molar-refractivity contribution in [2.45, 2.75) is 45.2 Å². The average Bonchev–Trinajstić information content (AvgIpc) is 2.61. The predicted octanol–water partition coefficient (Wildman–Crippen LogP) is 1.68. The van der Waals surface area contributed by atoms with Crippen LogP contribution in [0.2, 0.25) is 0 Å². The third kappa shape index (κ3) is 3.54. The van der Waals surface area contributed by atoms with Gasteiger partial charge in [-0.25, -0.2) is 4.79 Å². The van der Waals surface area contributed by atoms with Gasteiger partial charge in [0.1, 0.15) is 0 Å². The van der Waals surface area contributed by atoms with Crippen LogP contribution in [0.25, 0.3) is 0 Å². The van der Waals surface area contributed by atoms with Gasteiger partial charge in [0.15, 0.2) is 0 Å². The Morgan fingerprint density at radius 1 is 1.56 bits per heavy atom. The lowest BCUT2D eigenvalue weighted by Gasteiger charge is -2.28. The molecule has 0 aromatic rings. The number of aliphatic carboxylic acids is 1. The van der Waals surface area contributed by atoms with Gasteiger partial charge in [-0.3, -0.25) is 4.79 Å². The first kappa shape index (κ1) is 15.1. The van der Waals surface area contributed by atoms with E-state index in [1.807, 2.05) is 13.2 Å². The molecule has 3 atom stereocenters. The highest BCUT2D eigenvalue weighted by molar-refractivity contribution is 7.98. The van der Waals surface area contributed by atoms with Gasteiger partial charge in [0.05, 0.1) is 5.41 Å². The summed E-state index contributed by atoms with van der Waals surface area (Å²) in [5, 5.41) is 14.9. The summed E-state index contributed by atoms with van der Waals surface area (Å²) in [6.45, 7) is 3.64. The number of urea groups is 1. The monoisotopic (exact) mass is 274 g/mol. The van der Waals surface area contributed by atoms with Crippen LogP contribution in [-0.2, 0) is 4.79 Å². The van der Waals surface area contributed by atoms with Gasteiger partial charge in [0.2, 0.25) is 0 Å². The second-order valence-electron chi connectivity index (χ2n) is 5.14. The van der Waals surface area contributed by atoms with Gasteiger partial charge in [0.25, 0.3) is 0 Å². The van der Waals surface area contributed by atoms with Gasteiger partial charge < -0.3 is 15.7 Å². The molecule has 2 amide bonds. The number of rotatable bonds is 5. The third-order valence-corrected chi connectivity index (χ3v) is 4.38. The van der Waals surface area contributed by atoms with E-state index in [0.29, 0.717) is 6.42 Å². The highest BCUT2D eigenvalue weighted by Gasteiger charge is 2.45. The van der Waals surface area contributed by atoms with Crippen LogP contribution in [0.1, 0.15) is 33.1 Å².